The van der Waals surface area contributed by atoms with Gasteiger partial charge in [0, 0.05) is 24.8 Å². The minimum atomic E-state index is -0.247. The molecule has 0 radical (unpaired) electrons. The van der Waals surface area contributed by atoms with Crippen molar-refractivity contribution in [3.05, 3.63) is 59.7 Å². The third-order valence-electron chi connectivity index (χ3n) is 5.03. The molecule has 3 amide bonds. The molecule has 1 atom stereocenters. The summed E-state index contributed by atoms with van der Waals surface area (Å²) < 4.78 is 0. The highest BCUT2D eigenvalue weighted by Crippen LogP contribution is 2.25. The Bertz CT molecular complexity index is 817. The summed E-state index contributed by atoms with van der Waals surface area (Å²) in [6.45, 7) is 6.04. The van der Waals surface area contributed by atoms with E-state index >= 15 is 0 Å². The molecule has 1 unspecified atom stereocenters. The topological polar surface area (TPSA) is 73.5 Å². The molecular weight excluding hydrogens is 352 g/mol. The van der Waals surface area contributed by atoms with Gasteiger partial charge in [-0.15, -0.1) is 0 Å². The van der Waals surface area contributed by atoms with Crippen molar-refractivity contribution in [3.63, 3.8) is 0 Å². The third kappa shape index (κ3) is 5.33. The zero-order valence-electron chi connectivity index (χ0n) is 16.5. The summed E-state index contributed by atoms with van der Waals surface area (Å²) in [4.78, 5) is 26.2. The van der Waals surface area contributed by atoms with Crippen molar-refractivity contribution in [2.24, 2.45) is 0 Å². The van der Waals surface area contributed by atoms with Crippen molar-refractivity contribution in [3.8, 4) is 0 Å². The zero-order valence-corrected chi connectivity index (χ0v) is 16.5. The predicted octanol–water partition coefficient (Wildman–Crippen LogP) is 3.91. The van der Waals surface area contributed by atoms with Crippen LogP contribution in [0.1, 0.15) is 36.9 Å². The first-order chi connectivity index (χ1) is 13.5. The number of urea groups is 1. The molecule has 2 aromatic carbocycles. The van der Waals surface area contributed by atoms with Crippen LogP contribution >= 0.6 is 0 Å². The standard InChI is InChI=1S/C22H28N4O2/c1-16-10-11-19(24-17(2)27)14-20(16)25-22(28)23-15-21(26-12-6-7-13-26)18-8-4-3-5-9-18/h3-5,8-11,14,21H,6-7,12-13,15H2,1-2H3,(H,24,27)(H2,23,25,28). The lowest BCUT2D eigenvalue weighted by Crippen LogP contribution is -2.38. The molecule has 148 valence electrons. The Morgan fingerprint density at radius 2 is 1.75 bits per heavy atom. The number of rotatable bonds is 6. The summed E-state index contributed by atoms with van der Waals surface area (Å²) in [6, 6.07) is 15.7. The highest BCUT2D eigenvalue weighted by atomic mass is 16.2. The molecule has 0 bridgehead atoms. The van der Waals surface area contributed by atoms with Gasteiger partial charge in [0.25, 0.3) is 0 Å². The van der Waals surface area contributed by atoms with Crippen molar-refractivity contribution >= 4 is 23.3 Å². The van der Waals surface area contributed by atoms with Gasteiger partial charge >= 0.3 is 6.03 Å². The van der Waals surface area contributed by atoms with E-state index in [0.717, 1.165) is 18.7 Å². The smallest absolute Gasteiger partial charge is 0.319 e. The molecule has 1 heterocycles. The molecule has 3 N–H and O–H groups in total. The molecule has 6 nitrogen and oxygen atoms in total. The Kier molecular flexibility index (Phi) is 6.66. The molecule has 1 aliphatic heterocycles. The van der Waals surface area contributed by atoms with Crippen molar-refractivity contribution in [2.45, 2.75) is 32.7 Å². The van der Waals surface area contributed by atoms with Gasteiger partial charge in [-0.1, -0.05) is 36.4 Å². The van der Waals surface area contributed by atoms with Crippen molar-refractivity contribution < 1.29 is 9.59 Å². The van der Waals surface area contributed by atoms with Crippen LogP contribution in [0.2, 0.25) is 0 Å². The lowest BCUT2D eigenvalue weighted by atomic mass is 10.1. The lowest BCUT2D eigenvalue weighted by Gasteiger charge is -2.28. The van der Waals surface area contributed by atoms with Gasteiger partial charge in [-0.25, -0.2) is 4.79 Å². The molecule has 3 rings (SSSR count). The molecule has 1 fully saturated rings. The van der Waals surface area contributed by atoms with Gasteiger partial charge in [0.15, 0.2) is 0 Å². The van der Waals surface area contributed by atoms with Crippen LogP contribution < -0.4 is 16.0 Å². The largest absolute Gasteiger partial charge is 0.336 e. The first-order valence-electron chi connectivity index (χ1n) is 9.75. The molecule has 6 heteroatoms. The summed E-state index contributed by atoms with van der Waals surface area (Å²) in [5.41, 5.74) is 3.49. The van der Waals surface area contributed by atoms with E-state index in [1.54, 1.807) is 6.07 Å². The number of aryl methyl sites for hydroxylation is 1. The van der Waals surface area contributed by atoms with Crippen LogP contribution in [-0.2, 0) is 4.79 Å². The van der Waals surface area contributed by atoms with Gasteiger partial charge < -0.3 is 16.0 Å². The molecule has 0 saturated carbocycles. The summed E-state index contributed by atoms with van der Waals surface area (Å²) >= 11 is 0. The SMILES string of the molecule is CC(=O)Nc1ccc(C)c(NC(=O)NCC(c2ccccc2)N2CCCC2)c1. The normalized spacial score (nSPS) is 15.1. The number of likely N-dealkylation sites (tertiary alicyclic amines) is 1. The highest BCUT2D eigenvalue weighted by molar-refractivity contribution is 5.93. The van der Waals surface area contributed by atoms with Crippen LogP contribution in [0, 0.1) is 6.92 Å². The van der Waals surface area contributed by atoms with Crippen LogP contribution in [0.5, 0.6) is 0 Å². The fourth-order valence-corrected chi connectivity index (χ4v) is 3.58. The van der Waals surface area contributed by atoms with Gasteiger partial charge in [0.05, 0.1) is 6.04 Å². The number of hydrogen-bond acceptors (Lipinski definition) is 3. The van der Waals surface area contributed by atoms with Crippen molar-refractivity contribution in [1.82, 2.24) is 10.2 Å². The molecule has 28 heavy (non-hydrogen) atoms. The molecule has 1 aliphatic rings. The monoisotopic (exact) mass is 380 g/mol. The summed E-state index contributed by atoms with van der Waals surface area (Å²) in [5, 5.41) is 8.65. The lowest BCUT2D eigenvalue weighted by molar-refractivity contribution is -0.114. The van der Waals surface area contributed by atoms with E-state index in [-0.39, 0.29) is 18.0 Å². The summed E-state index contributed by atoms with van der Waals surface area (Å²) in [6.07, 6.45) is 2.40. The van der Waals surface area contributed by atoms with E-state index in [1.165, 1.54) is 25.3 Å². The predicted molar refractivity (Wildman–Crippen MR) is 112 cm³/mol. The Morgan fingerprint density at radius 3 is 2.43 bits per heavy atom. The Balaban J connectivity index is 1.64. The maximum atomic E-state index is 12.5. The quantitative estimate of drug-likeness (QED) is 0.711. The first kappa shape index (κ1) is 19.9. The number of nitrogens with one attached hydrogen (secondary N) is 3. The number of anilines is 2. The minimum Gasteiger partial charge on any atom is -0.336 e. The van der Waals surface area contributed by atoms with E-state index in [1.807, 2.05) is 37.3 Å². The van der Waals surface area contributed by atoms with Gasteiger partial charge in [0.2, 0.25) is 5.91 Å². The Labute approximate surface area is 166 Å². The molecule has 1 saturated heterocycles. The molecule has 0 aromatic heterocycles. The van der Waals surface area contributed by atoms with Gasteiger partial charge in [-0.05, 0) is 56.1 Å². The fraction of sp³-hybridized carbons (Fsp3) is 0.364. The highest BCUT2D eigenvalue weighted by Gasteiger charge is 2.23. The fourth-order valence-electron chi connectivity index (χ4n) is 3.58. The van der Waals surface area contributed by atoms with E-state index in [9.17, 15) is 9.59 Å². The van der Waals surface area contributed by atoms with E-state index in [4.69, 9.17) is 0 Å². The molecule has 0 aliphatic carbocycles. The van der Waals surface area contributed by atoms with Gasteiger partial charge in [0.1, 0.15) is 0 Å². The number of carbonyl (C=O) groups excluding carboxylic acids is 2. The molecule has 0 spiro atoms. The van der Waals surface area contributed by atoms with Crippen LogP contribution in [0.3, 0.4) is 0 Å². The third-order valence-corrected chi connectivity index (χ3v) is 5.03. The van der Waals surface area contributed by atoms with E-state index < -0.39 is 0 Å². The second-order valence-electron chi connectivity index (χ2n) is 7.22. The van der Waals surface area contributed by atoms with Gasteiger partial charge in [-0.3, -0.25) is 9.69 Å². The second-order valence-corrected chi connectivity index (χ2v) is 7.22. The van der Waals surface area contributed by atoms with Crippen molar-refractivity contribution in [2.75, 3.05) is 30.3 Å². The maximum Gasteiger partial charge on any atom is 0.319 e. The van der Waals surface area contributed by atoms with Crippen LogP contribution in [-0.4, -0.2) is 36.5 Å². The first-order valence-corrected chi connectivity index (χ1v) is 9.75. The summed E-state index contributed by atoms with van der Waals surface area (Å²) in [5.74, 6) is -0.143. The molecular formula is C22H28N4O2. The zero-order chi connectivity index (χ0) is 19.9. The minimum absolute atomic E-state index is 0.143. The second kappa shape index (κ2) is 9.37. The van der Waals surface area contributed by atoms with Gasteiger partial charge in [-0.2, -0.15) is 0 Å². The van der Waals surface area contributed by atoms with Crippen molar-refractivity contribution in [1.29, 1.82) is 0 Å². The Hall–Kier alpha value is -2.86. The van der Waals surface area contributed by atoms with Crippen LogP contribution in [0.4, 0.5) is 16.2 Å². The average molecular weight is 380 g/mol. The average Bonchev–Trinajstić information content (AvgIpc) is 3.19. The van der Waals surface area contributed by atoms with Crippen LogP contribution in [0.15, 0.2) is 48.5 Å². The number of hydrogen-bond donors (Lipinski definition) is 3. The number of nitrogens with zero attached hydrogens (tertiary/aromatic N) is 1. The number of benzene rings is 2. The Morgan fingerprint density at radius 1 is 1.04 bits per heavy atom. The van der Waals surface area contributed by atoms with E-state index in [2.05, 4.69) is 33.0 Å². The maximum absolute atomic E-state index is 12.5. The number of carbonyl (C=O) groups is 2. The molecule has 2 aromatic rings. The van der Waals surface area contributed by atoms with Crippen LogP contribution in [0.25, 0.3) is 0 Å². The van der Waals surface area contributed by atoms with E-state index in [0.29, 0.717) is 17.9 Å². The number of amides is 3. The summed E-state index contributed by atoms with van der Waals surface area (Å²) in [7, 11) is 0.